The fraction of sp³-hybridized carbons (Fsp3) is 0.500. The number of aliphatic hydroxyl groups excluding tert-OH is 2. The summed E-state index contributed by atoms with van der Waals surface area (Å²) >= 11 is 6.63. The molecule has 0 spiro atoms. The van der Waals surface area contributed by atoms with E-state index in [1.807, 2.05) is 31.2 Å². The fourth-order valence-electron chi connectivity index (χ4n) is 4.22. The molecule has 30 heavy (non-hydrogen) atoms. The number of rotatable bonds is 7. The van der Waals surface area contributed by atoms with Crippen molar-refractivity contribution in [2.24, 2.45) is 5.92 Å². The molecule has 0 radical (unpaired) electrons. The lowest BCUT2D eigenvalue weighted by Crippen LogP contribution is -2.33. The summed E-state index contributed by atoms with van der Waals surface area (Å²) in [5.74, 6) is 1.10. The van der Waals surface area contributed by atoms with E-state index in [2.05, 4.69) is 30.7 Å². The predicted molar refractivity (Wildman–Crippen MR) is 121 cm³/mol. The second kappa shape index (κ2) is 10.0. The molecule has 1 aromatic carbocycles. The Kier molecular flexibility index (Phi) is 7.64. The van der Waals surface area contributed by atoms with Crippen LogP contribution in [0.25, 0.3) is 10.9 Å². The number of ether oxygens (including phenoxy) is 2. The molecule has 2 heterocycles. The molecule has 6 heteroatoms. The lowest BCUT2D eigenvalue weighted by Gasteiger charge is -2.32. The van der Waals surface area contributed by atoms with Gasteiger partial charge in [-0.15, -0.1) is 0 Å². The first-order chi connectivity index (χ1) is 14.4. The van der Waals surface area contributed by atoms with E-state index in [9.17, 15) is 10.2 Å². The topological polar surface area (TPSA) is 63.9 Å². The van der Waals surface area contributed by atoms with E-state index in [4.69, 9.17) is 21.1 Å². The Morgan fingerprint density at radius 1 is 1.40 bits per heavy atom. The van der Waals surface area contributed by atoms with Crippen molar-refractivity contribution >= 4 is 22.5 Å². The van der Waals surface area contributed by atoms with Gasteiger partial charge in [-0.3, -0.25) is 0 Å². The molecule has 0 amide bonds. The number of aryl methyl sites for hydroxylation is 1. The van der Waals surface area contributed by atoms with Gasteiger partial charge in [0.25, 0.3) is 0 Å². The van der Waals surface area contributed by atoms with Crippen LogP contribution in [0.5, 0.6) is 0 Å². The van der Waals surface area contributed by atoms with E-state index in [-0.39, 0.29) is 24.7 Å². The molecule has 4 atom stereocenters. The highest BCUT2D eigenvalue weighted by Crippen LogP contribution is 2.40. The number of fused-ring (bicyclic) bond motifs is 1. The Morgan fingerprint density at radius 2 is 2.17 bits per heavy atom. The van der Waals surface area contributed by atoms with E-state index in [1.165, 1.54) is 0 Å². The molecule has 1 fully saturated rings. The third-order valence-electron chi connectivity index (χ3n) is 5.72. The largest absolute Gasteiger partial charge is 0.497 e. The SMILES string of the molecule is C/C=C(\C=C/C(C)Cn1cc([C@H]2C[C@@H](O)C[C@@H](CO)O2)c2c(Cl)ccc(C)c21)OC. The van der Waals surface area contributed by atoms with Crippen molar-refractivity contribution in [1.82, 2.24) is 4.57 Å². The van der Waals surface area contributed by atoms with Crippen molar-refractivity contribution in [3.05, 3.63) is 58.5 Å². The van der Waals surface area contributed by atoms with Crippen molar-refractivity contribution < 1.29 is 19.7 Å². The summed E-state index contributed by atoms with van der Waals surface area (Å²) in [6, 6.07) is 3.94. The van der Waals surface area contributed by atoms with Crippen molar-refractivity contribution in [3.63, 3.8) is 0 Å². The second-order valence-electron chi connectivity index (χ2n) is 8.11. The Labute approximate surface area is 183 Å². The van der Waals surface area contributed by atoms with Crippen LogP contribution in [-0.4, -0.2) is 40.7 Å². The van der Waals surface area contributed by atoms with Crippen LogP contribution < -0.4 is 0 Å². The summed E-state index contributed by atoms with van der Waals surface area (Å²) in [6.45, 7) is 6.85. The van der Waals surface area contributed by atoms with Crippen LogP contribution in [0.3, 0.4) is 0 Å². The number of aromatic nitrogens is 1. The van der Waals surface area contributed by atoms with Crippen LogP contribution in [0.4, 0.5) is 0 Å². The van der Waals surface area contributed by atoms with Crippen LogP contribution in [-0.2, 0) is 16.0 Å². The third-order valence-corrected chi connectivity index (χ3v) is 6.04. The summed E-state index contributed by atoms with van der Waals surface area (Å²) in [7, 11) is 1.67. The molecule has 3 rings (SSSR count). The van der Waals surface area contributed by atoms with E-state index >= 15 is 0 Å². The molecule has 2 N–H and O–H groups in total. The quantitative estimate of drug-likeness (QED) is 0.480. The normalized spacial score (nSPS) is 24.0. The molecule has 2 aromatic rings. The van der Waals surface area contributed by atoms with Crippen LogP contribution in [0.1, 0.15) is 43.9 Å². The summed E-state index contributed by atoms with van der Waals surface area (Å²) in [5.41, 5.74) is 3.19. The first kappa shape index (κ1) is 22.9. The predicted octanol–water partition coefficient (Wildman–Crippen LogP) is 4.92. The van der Waals surface area contributed by atoms with Crippen LogP contribution in [0.15, 0.2) is 42.3 Å². The summed E-state index contributed by atoms with van der Waals surface area (Å²) in [4.78, 5) is 0. The maximum absolute atomic E-state index is 10.3. The van der Waals surface area contributed by atoms with Crippen molar-refractivity contribution in [2.75, 3.05) is 13.7 Å². The Hall–Kier alpha value is -1.79. The molecule has 1 aliphatic heterocycles. The number of benzene rings is 1. The Morgan fingerprint density at radius 3 is 2.83 bits per heavy atom. The molecular formula is C24H32ClNO4. The van der Waals surface area contributed by atoms with Crippen molar-refractivity contribution in [2.45, 2.75) is 58.5 Å². The molecule has 164 valence electrons. The summed E-state index contributed by atoms with van der Waals surface area (Å²) in [6.07, 6.45) is 7.92. The van der Waals surface area contributed by atoms with Gasteiger partial charge < -0.3 is 24.3 Å². The van der Waals surface area contributed by atoms with Gasteiger partial charge in [-0.1, -0.05) is 30.7 Å². The minimum absolute atomic E-state index is 0.104. The van der Waals surface area contributed by atoms with E-state index < -0.39 is 6.10 Å². The number of nitrogens with zero attached hydrogens (tertiary/aromatic N) is 1. The summed E-state index contributed by atoms with van der Waals surface area (Å²) in [5, 5.41) is 21.5. The molecule has 5 nitrogen and oxygen atoms in total. The lowest BCUT2D eigenvalue weighted by molar-refractivity contribution is -0.113. The number of halogens is 1. The number of allylic oxidation sites excluding steroid dienone is 3. The van der Waals surface area contributed by atoms with Gasteiger partial charge in [-0.25, -0.2) is 0 Å². The van der Waals surface area contributed by atoms with E-state index in [0.717, 1.165) is 34.3 Å². The minimum Gasteiger partial charge on any atom is -0.497 e. The van der Waals surface area contributed by atoms with E-state index in [0.29, 0.717) is 17.9 Å². The van der Waals surface area contributed by atoms with Crippen LogP contribution in [0, 0.1) is 12.8 Å². The average Bonchev–Trinajstić information content (AvgIpc) is 3.11. The molecule has 0 saturated carbocycles. The number of hydrogen-bond donors (Lipinski definition) is 2. The van der Waals surface area contributed by atoms with Gasteiger partial charge in [0, 0.05) is 36.5 Å². The lowest BCUT2D eigenvalue weighted by atomic mass is 9.95. The maximum Gasteiger partial charge on any atom is 0.114 e. The number of methoxy groups -OCH3 is 1. The Balaban J connectivity index is 1.99. The Bertz CT molecular complexity index is 933. The zero-order chi connectivity index (χ0) is 21.8. The van der Waals surface area contributed by atoms with Gasteiger partial charge in [0.2, 0.25) is 0 Å². The molecule has 0 aliphatic carbocycles. The van der Waals surface area contributed by atoms with Gasteiger partial charge in [-0.05, 0) is 43.5 Å². The highest BCUT2D eigenvalue weighted by atomic mass is 35.5. The standard InChI is InChI=1S/C24H32ClNO4/c1-5-18(29-4)8-6-15(2)12-26-13-20(22-11-17(28)10-19(14-27)30-22)23-21(25)9-7-16(3)24(23)26/h5-9,13,15,17,19,22,27-28H,10-12,14H2,1-4H3/b8-6-,18-5+/t15?,17-,19-,22+/m0/s1. The maximum atomic E-state index is 10.3. The van der Waals surface area contributed by atoms with Gasteiger partial charge in [0.05, 0.1) is 42.6 Å². The molecule has 1 saturated heterocycles. The zero-order valence-electron chi connectivity index (χ0n) is 18.1. The molecule has 0 bridgehead atoms. The molecular weight excluding hydrogens is 402 g/mol. The second-order valence-corrected chi connectivity index (χ2v) is 8.52. The highest BCUT2D eigenvalue weighted by Gasteiger charge is 2.31. The molecule has 1 aliphatic rings. The van der Waals surface area contributed by atoms with Crippen LogP contribution in [0.2, 0.25) is 5.02 Å². The van der Waals surface area contributed by atoms with Gasteiger partial charge >= 0.3 is 0 Å². The smallest absolute Gasteiger partial charge is 0.114 e. The monoisotopic (exact) mass is 433 g/mol. The number of hydrogen-bond acceptors (Lipinski definition) is 4. The molecule has 1 unspecified atom stereocenters. The van der Waals surface area contributed by atoms with E-state index in [1.54, 1.807) is 7.11 Å². The van der Waals surface area contributed by atoms with Crippen LogP contribution >= 0.6 is 11.6 Å². The van der Waals surface area contributed by atoms with Crippen molar-refractivity contribution in [1.29, 1.82) is 0 Å². The highest BCUT2D eigenvalue weighted by molar-refractivity contribution is 6.35. The number of aliphatic hydroxyl groups is 2. The molecule has 1 aromatic heterocycles. The minimum atomic E-state index is -0.502. The third kappa shape index (κ3) is 4.92. The van der Waals surface area contributed by atoms with Crippen molar-refractivity contribution in [3.8, 4) is 0 Å². The van der Waals surface area contributed by atoms with Gasteiger partial charge in [-0.2, -0.15) is 0 Å². The van der Waals surface area contributed by atoms with Gasteiger partial charge in [0.15, 0.2) is 0 Å². The fourth-order valence-corrected chi connectivity index (χ4v) is 4.48. The first-order valence-electron chi connectivity index (χ1n) is 10.5. The first-order valence-corrected chi connectivity index (χ1v) is 10.9. The zero-order valence-corrected chi connectivity index (χ0v) is 18.9. The van der Waals surface area contributed by atoms with Gasteiger partial charge in [0.1, 0.15) is 5.76 Å². The average molecular weight is 434 g/mol. The summed E-state index contributed by atoms with van der Waals surface area (Å²) < 4.78 is 13.6.